The van der Waals surface area contributed by atoms with Gasteiger partial charge in [-0.15, -0.1) is 0 Å². The van der Waals surface area contributed by atoms with Crippen LogP contribution in [0.2, 0.25) is 0 Å². The molecule has 0 saturated heterocycles. The lowest BCUT2D eigenvalue weighted by Crippen LogP contribution is -2.50. The van der Waals surface area contributed by atoms with E-state index >= 15 is 0 Å². The van der Waals surface area contributed by atoms with Gasteiger partial charge in [0, 0.05) is 5.41 Å². The fourth-order valence-electron chi connectivity index (χ4n) is 14.5. The quantitative estimate of drug-likeness (QED) is 0.0486. The molecule has 0 aromatic rings. The lowest BCUT2D eigenvalue weighted by molar-refractivity contribution is -0.190. The van der Waals surface area contributed by atoms with Crippen LogP contribution in [-0.4, -0.2) is 17.5 Å². The minimum Gasteiger partial charge on any atom is -0.368 e. The molecule has 0 amide bonds. The monoisotopic (exact) mass is 999 g/mol. The molecule has 1 aliphatic rings. The van der Waals surface area contributed by atoms with Crippen LogP contribution in [0.4, 0.5) is 0 Å². The molecule has 6 atom stereocenters. The number of aliphatic hydroxyl groups is 1. The molecule has 0 aromatic heterocycles. The van der Waals surface area contributed by atoms with E-state index in [0.29, 0.717) is 5.41 Å². The first-order chi connectivity index (χ1) is 34.8. The van der Waals surface area contributed by atoms with Crippen LogP contribution in [0, 0.1) is 28.6 Å². The molecule has 0 spiro atoms. The Bertz CT molecular complexity index is 1010. The molecule has 0 heterocycles. The first-order valence-electron chi connectivity index (χ1n) is 34.1. The molecule has 1 rings (SSSR count). The van der Waals surface area contributed by atoms with Gasteiger partial charge in [0.1, 0.15) is 0 Å². The van der Waals surface area contributed by atoms with Gasteiger partial charge in [0.05, 0.1) is 6.10 Å². The molecule has 1 N–H and O–H groups in total. The lowest BCUT2D eigenvalue weighted by Gasteiger charge is -2.54. The Morgan fingerprint density at radius 2 is 0.535 bits per heavy atom. The van der Waals surface area contributed by atoms with Crippen LogP contribution in [0.25, 0.3) is 0 Å². The lowest BCUT2D eigenvalue weighted by atomic mass is 9.52. The van der Waals surface area contributed by atoms with Crippen LogP contribution in [0.5, 0.6) is 0 Å². The number of rotatable bonds is 57. The molecular weight excluding hydrogens is 861 g/mol. The zero-order chi connectivity index (χ0) is 51.8. The highest BCUT2D eigenvalue weighted by Gasteiger charge is 2.59. The standard InChI is InChI=1S/C69H138O2/c1-9-15-21-27-33-36-42-47-54-65(52-45-39-30-24-18-12-4)60-68(61-66(53-46-40-31-25-19-13-5)55-48-43-37-34-28-22-16-10-2)58-51-59-69(68,63(7)71-64(8)70)62-67(56-49-41-32-26-20-14-6)57-50-44-38-35-29-23-17-11-3/h63-67,70H,9-62H2,1-8H3. The average Bonchev–Trinajstić information content (AvgIpc) is 3.71. The molecule has 1 fully saturated rings. The number of aliphatic hydroxyl groups excluding tert-OH is 1. The molecule has 2 heteroatoms. The Morgan fingerprint density at radius 1 is 0.310 bits per heavy atom. The maximum atomic E-state index is 11.2. The summed E-state index contributed by atoms with van der Waals surface area (Å²) >= 11 is 0. The van der Waals surface area contributed by atoms with Crippen molar-refractivity contribution in [3.8, 4) is 0 Å². The first kappa shape index (κ1) is 68.9. The number of hydrogen-bond donors (Lipinski definition) is 1. The van der Waals surface area contributed by atoms with Gasteiger partial charge in [-0.25, -0.2) is 0 Å². The summed E-state index contributed by atoms with van der Waals surface area (Å²) in [7, 11) is 0. The maximum Gasteiger partial charge on any atom is 0.152 e. The summed E-state index contributed by atoms with van der Waals surface area (Å²) in [4.78, 5) is 0. The predicted octanol–water partition coefficient (Wildman–Crippen LogP) is 24.7. The van der Waals surface area contributed by atoms with Crippen molar-refractivity contribution in [2.24, 2.45) is 28.6 Å². The van der Waals surface area contributed by atoms with Gasteiger partial charge in [-0.3, -0.25) is 0 Å². The minimum absolute atomic E-state index is 0.103. The highest BCUT2D eigenvalue weighted by molar-refractivity contribution is 5.08. The van der Waals surface area contributed by atoms with Crippen LogP contribution in [-0.2, 0) is 4.74 Å². The fraction of sp³-hybridized carbons (Fsp3) is 1.00. The molecule has 1 saturated carbocycles. The third-order valence-electron chi connectivity index (χ3n) is 18.8. The van der Waals surface area contributed by atoms with E-state index in [4.69, 9.17) is 4.74 Å². The summed E-state index contributed by atoms with van der Waals surface area (Å²) in [6.07, 6.45) is 76.0. The summed E-state index contributed by atoms with van der Waals surface area (Å²) in [6, 6.07) is 0. The Balaban J connectivity index is 3.79. The fourth-order valence-corrected chi connectivity index (χ4v) is 14.5. The first-order valence-corrected chi connectivity index (χ1v) is 34.1. The Labute approximate surface area is 450 Å². The Kier molecular flexibility index (Phi) is 48.0. The van der Waals surface area contributed by atoms with Crippen molar-refractivity contribution < 1.29 is 9.84 Å². The van der Waals surface area contributed by atoms with Crippen molar-refractivity contribution in [3.05, 3.63) is 0 Å². The molecule has 0 radical (unpaired) electrons. The third-order valence-corrected chi connectivity index (χ3v) is 18.8. The van der Waals surface area contributed by atoms with E-state index in [0.717, 1.165) is 17.8 Å². The van der Waals surface area contributed by atoms with Gasteiger partial charge in [0.25, 0.3) is 0 Å². The molecule has 1 aliphatic carbocycles. The summed E-state index contributed by atoms with van der Waals surface area (Å²) in [5.74, 6) is 2.45. The van der Waals surface area contributed by atoms with Crippen LogP contribution < -0.4 is 0 Å². The molecule has 71 heavy (non-hydrogen) atoms. The van der Waals surface area contributed by atoms with Crippen LogP contribution in [0.15, 0.2) is 0 Å². The Morgan fingerprint density at radius 3 is 0.775 bits per heavy atom. The van der Waals surface area contributed by atoms with Crippen molar-refractivity contribution in [1.29, 1.82) is 0 Å². The topological polar surface area (TPSA) is 29.5 Å². The van der Waals surface area contributed by atoms with E-state index in [1.165, 1.54) is 347 Å². The number of unbranched alkanes of at least 4 members (excludes halogenated alkanes) is 36. The molecule has 2 nitrogen and oxygen atoms in total. The predicted molar refractivity (Wildman–Crippen MR) is 321 cm³/mol. The normalized spacial score (nSPS) is 19.4. The summed E-state index contributed by atoms with van der Waals surface area (Å²) in [5, 5.41) is 11.2. The van der Waals surface area contributed by atoms with E-state index in [2.05, 4.69) is 48.5 Å². The second-order valence-corrected chi connectivity index (χ2v) is 25.3. The van der Waals surface area contributed by atoms with E-state index in [9.17, 15) is 5.11 Å². The highest BCUT2D eigenvalue weighted by atomic mass is 16.6. The van der Waals surface area contributed by atoms with Crippen molar-refractivity contribution in [2.75, 3.05) is 0 Å². The van der Waals surface area contributed by atoms with Crippen molar-refractivity contribution >= 4 is 0 Å². The van der Waals surface area contributed by atoms with Crippen LogP contribution in [0.1, 0.15) is 402 Å². The Hall–Kier alpha value is -0.0800. The van der Waals surface area contributed by atoms with Crippen molar-refractivity contribution in [2.45, 2.75) is 415 Å². The molecule has 426 valence electrons. The van der Waals surface area contributed by atoms with Crippen molar-refractivity contribution in [3.63, 3.8) is 0 Å². The van der Waals surface area contributed by atoms with Gasteiger partial charge in [0.2, 0.25) is 0 Å². The molecule has 0 aromatic carbocycles. The van der Waals surface area contributed by atoms with Crippen LogP contribution >= 0.6 is 0 Å². The highest BCUT2D eigenvalue weighted by Crippen LogP contribution is 2.66. The summed E-state index contributed by atoms with van der Waals surface area (Å²) in [6.45, 7) is 18.6. The third kappa shape index (κ3) is 35.1. The van der Waals surface area contributed by atoms with E-state index < -0.39 is 6.29 Å². The SMILES string of the molecule is CCCCCCCCCCC(CCCCCCCC)CC1(CC(CCCCCCCC)CCCCCCCCCC)CCCC1(CC(CCCCCCCC)CCCCCCCCCC)C(C)OC(C)O. The summed E-state index contributed by atoms with van der Waals surface area (Å²) in [5.41, 5.74) is 0.453. The molecule has 6 unspecified atom stereocenters. The van der Waals surface area contributed by atoms with E-state index in [1.54, 1.807) is 0 Å². The zero-order valence-electron chi connectivity index (χ0n) is 50.9. The van der Waals surface area contributed by atoms with Gasteiger partial charge < -0.3 is 9.84 Å². The smallest absolute Gasteiger partial charge is 0.152 e. The number of ether oxygens (including phenoxy) is 1. The molecular formula is C69H138O2. The van der Waals surface area contributed by atoms with Gasteiger partial charge in [0.15, 0.2) is 6.29 Å². The van der Waals surface area contributed by atoms with E-state index in [1.807, 2.05) is 6.92 Å². The van der Waals surface area contributed by atoms with Gasteiger partial charge in [-0.2, -0.15) is 0 Å². The zero-order valence-corrected chi connectivity index (χ0v) is 50.9. The average molecular weight is 1000 g/mol. The van der Waals surface area contributed by atoms with Gasteiger partial charge in [-0.1, -0.05) is 356 Å². The molecule has 0 bridgehead atoms. The second-order valence-electron chi connectivity index (χ2n) is 25.3. The largest absolute Gasteiger partial charge is 0.368 e. The van der Waals surface area contributed by atoms with Crippen molar-refractivity contribution in [1.82, 2.24) is 0 Å². The van der Waals surface area contributed by atoms with E-state index in [-0.39, 0.29) is 11.5 Å². The maximum absolute atomic E-state index is 11.2. The van der Waals surface area contributed by atoms with Crippen LogP contribution in [0.3, 0.4) is 0 Å². The van der Waals surface area contributed by atoms with Gasteiger partial charge >= 0.3 is 0 Å². The molecule has 0 aliphatic heterocycles. The minimum atomic E-state index is -0.697. The second kappa shape index (κ2) is 49.5. The van der Waals surface area contributed by atoms with Gasteiger partial charge in [-0.05, 0) is 69.1 Å². The number of hydrogen-bond acceptors (Lipinski definition) is 2. The summed E-state index contributed by atoms with van der Waals surface area (Å²) < 4.78 is 6.95.